The Bertz CT molecular complexity index is 1330. The number of aromatic amines is 2. The van der Waals surface area contributed by atoms with E-state index < -0.39 is 0 Å². The molecule has 0 saturated heterocycles. The van der Waals surface area contributed by atoms with E-state index in [-0.39, 0.29) is 5.69 Å². The zero-order valence-electron chi connectivity index (χ0n) is 14.8. The summed E-state index contributed by atoms with van der Waals surface area (Å²) in [7, 11) is 0. The summed E-state index contributed by atoms with van der Waals surface area (Å²) >= 11 is 3.48. The number of aromatic nitrogens is 3. The van der Waals surface area contributed by atoms with Gasteiger partial charge >= 0.3 is 5.69 Å². The van der Waals surface area contributed by atoms with Crippen LogP contribution >= 0.6 is 15.9 Å². The van der Waals surface area contributed by atoms with Crippen molar-refractivity contribution in [2.75, 3.05) is 0 Å². The Morgan fingerprint density at radius 1 is 0.750 bits per heavy atom. The lowest BCUT2D eigenvalue weighted by Crippen LogP contribution is -2.15. The lowest BCUT2D eigenvalue weighted by Gasteiger charge is -2.06. The minimum Gasteiger partial charge on any atom is -0.340 e. The predicted octanol–water partition coefficient (Wildman–Crippen LogP) is 5.74. The van der Waals surface area contributed by atoms with Crippen molar-refractivity contribution in [2.24, 2.45) is 0 Å². The fraction of sp³-hybridized carbons (Fsp3) is 0. The normalized spacial score (nSPS) is 11.2. The molecule has 5 heteroatoms. The summed E-state index contributed by atoms with van der Waals surface area (Å²) in [6, 6.07) is 28.0. The van der Waals surface area contributed by atoms with Gasteiger partial charge in [0.25, 0.3) is 0 Å². The van der Waals surface area contributed by atoms with Crippen molar-refractivity contribution < 1.29 is 0 Å². The Morgan fingerprint density at radius 2 is 1.46 bits per heavy atom. The van der Waals surface area contributed by atoms with Crippen molar-refractivity contribution in [3.63, 3.8) is 0 Å². The molecule has 28 heavy (non-hydrogen) atoms. The SMILES string of the molecule is O=c1[nH]c2ccccc2n1-c1[nH]c(-c2ccc(Br)cc2)cc1-c1ccccc1. The molecular weight excluding hydrogens is 414 g/mol. The number of imidazole rings is 1. The molecule has 3 aromatic carbocycles. The largest absolute Gasteiger partial charge is 0.340 e. The zero-order valence-corrected chi connectivity index (χ0v) is 16.4. The molecule has 0 saturated carbocycles. The van der Waals surface area contributed by atoms with Crippen LogP contribution in [-0.2, 0) is 0 Å². The predicted molar refractivity (Wildman–Crippen MR) is 117 cm³/mol. The van der Waals surface area contributed by atoms with Gasteiger partial charge in [0, 0.05) is 15.7 Å². The van der Waals surface area contributed by atoms with E-state index in [9.17, 15) is 4.79 Å². The Labute approximate surface area is 169 Å². The summed E-state index contributed by atoms with van der Waals surface area (Å²) in [6.07, 6.45) is 0. The zero-order chi connectivity index (χ0) is 19.1. The molecule has 0 spiro atoms. The van der Waals surface area contributed by atoms with Crippen LogP contribution in [0.3, 0.4) is 0 Å². The third kappa shape index (κ3) is 2.80. The second-order valence-corrected chi connectivity index (χ2v) is 7.52. The number of nitrogens with one attached hydrogen (secondary N) is 2. The molecule has 0 atom stereocenters. The highest BCUT2D eigenvalue weighted by molar-refractivity contribution is 9.10. The van der Waals surface area contributed by atoms with Gasteiger partial charge in [-0.2, -0.15) is 0 Å². The molecule has 0 fully saturated rings. The van der Waals surface area contributed by atoms with E-state index in [2.05, 4.69) is 44.1 Å². The Kier molecular flexibility index (Phi) is 4.02. The van der Waals surface area contributed by atoms with Gasteiger partial charge < -0.3 is 9.97 Å². The third-order valence-electron chi connectivity index (χ3n) is 4.85. The molecule has 2 N–H and O–H groups in total. The number of rotatable bonds is 3. The average Bonchev–Trinajstić information content (AvgIpc) is 3.29. The fourth-order valence-electron chi connectivity index (χ4n) is 3.52. The fourth-order valence-corrected chi connectivity index (χ4v) is 3.78. The summed E-state index contributed by atoms with van der Waals surface area (Å²) in [5.74, 6) is 0.756. The summed E-state index contributed by atoms with van der Waals surface area (Å²) in [5.41, 5.74) is 5.53. The van der Waals surface area contributed by atoms with Gasteiger partial charge in [-0.3, -0.25) is 0 Å². The van der Waals surface area contributed by atoms with E-state index in [0.717, 1.165) is 43.7 Å². The number of nitrogens with zero attached hydrogens (tertiary/aromatic N) is 1. The first-order valence-electron chi connectivity index (χ1n) is 8.95. The first-order valence-corrected chi connectivity index (χ1v) is 9.74. The average molecular weight is 430 g/mol. The van der Waals surface area contributed by atoms with Gasteiger partial charge in [-0.05, 0) is 41.5 Å². The van der Waals surface area contributed by atoms with E-state index in [4.69, 9.17) is 0 Å². The van der Waals surface area contributed by atoms with Gasteiger partial charge in [0.1, 0.15) is 5.82 Å². The standard InChI is InChI=1S/C23H16BrN3O/c24-17-12-10-16(11-13-17)20-14-18(15-6-2-1-3-7-15)22(25-20)27-21-9-5-4-8-19(21)26-23(27)28/h1-14,25H,(H,26,28). The summed E-state index contributed by atoms with van der Waals surface area (Å²) < 4.78 is 2.74. The monoisotopic (exact) mass is 429 g/mol. The quantitative estimate of drug-likeness (QED) is 0.377. The molecule has 4 nitrogen and oxygen atoms in total. The van der Waals surface area contributed by atoms with Gasteiger partial charge in [0.05, 0.1) is 11.0 Å². The molecule has 136 valence electrons. The van der Waals surface area contributed by atoms with E-state index in [0.29, 0.717) is 0 Å². The van der Waals surface area contributed by atoms with Crippen LogP contribution in [0.15, 0.2) is 94.2 Å². The highest BCUT2D eigenvalue weighted by Gasteiger charge is 2.17. The van der Waals surface area contributed by atoms with Crippen molar-refractivity contribution in [1.82, 2.24) is 14.5 Å². The molecule has 0 aliphatic rings. The number of para-hydroxylation sites is 2. The molecule has 0 aliphatic carbocycles. The first-order chi connectivity index (χ1) is 13.7. The molecule has 0 aliphatic heterocycles. The van der Waals surface area contributed by atoms with Crippen LogP contribution in [0.1, 0.15) is 0 Å². The van der Waals surface area contributed by atoms with Crippen LogP contribution in [-0.4, -0.2) is 14.5 Å². The maximum absolute atomic E-state index is 12.8. The van der Waals surface area contributed by atoms with Crippen molar-refractivity contribution in [3.05, 3.63) is 99.9 Å². The lowest BCUT2D eigenvalue weighted by molar-refractivity contribution is 0.982. The molecular formula is C23H16BrN3O. The number of fused-ring (bicyclic) bond motifs is 1. The minimum absolute atomic E-state index is 0.164. The number of halogens is 1. The van der Waals surface area contributed by atoms with E-state index in [1.54, 1.807) is 4.57 Å². The topological polar surface area (TPSA) is 53.6 Å². The van der Waals surface area contributed by atoms with Crippen molar-refractivity contribution >= 4 is 27.0 Å². The summed E-state index contributed by atoms with van der Waals surface area (Å²) in [6.45, 7) is 0. The number of hydrogen-bond donors (Lipinski definition) is 2. The second kappa shape index (κ2) is 6.69. The number of benzene rings is 3. The molecule has 0 radical (unpaired) electrons. The summed E-state index contributed by atoms with van der Waals surface area (Å²) in [5, 5.41) is 0. The maximum atomic E-state index is 12.8. The van der Waals surface area contributed by atoms with Crippen LogP contribution in [0.4, 0.5) is 0 Å². The molecule has 5 aromatic rings. The van der Waals surface area contributed by atoms with Crippen molar-refractivity contribution in [3.8, 4) is 28.2 Å². The third-order valence-corrected chi connectivity index (χ3v) is 5.38. The Morgan fingerprint density at radius 3 is 2.25 bits per heavy atom. The first kappa shape index (κ1) is 16.8. The van der Waals surface area contributed by atoms with E-state index >= 15 is 0 Å². The minimum atomic E-state index is -0.164. The number of hydrogen-bond acceptors (Lipinski definition) is 1. The Balaban J connectivity index is 1.80. The van der Waals surface area contributed by atoms with Crippen molar-refractivity contribution in [1.29, 1.82) is 0 Å². The lowest BCUT2D eigenvalue weighted by atomic mass is 10.1. The maximum Gasteiger partial charge on any atom is 0.332 e. The molecule has 5 rings (SSSR count). The van der Waals surface area contributed by atoms with Gasteiger partial charge in [-0.15, -0.1) is 0 Å². The summed E-state index contributed by atoms with van der Waals surface area (Å²) in [4.78, 5) is 19.2. The van der Waals surface area contributed by atoms with Gasteiger partial charge in [0.2, 0.25) is 0 Å². The van der Waals surface area contributed by atoms with Crippen LogP contribution < -0.4 is 5.69 Å². The van der Waals surface area contributed by atoms with Gasteiger partial charge in [-0.1, -0.05) is 70.5 Å². The molecule has 0 unspecified atom stereocenters. The van der Waals surface area contributed by atoms with Gasteiger partial charge in [-0.25, -0.2) is 9.36 Å². The van der Waals surface area contributed by atoms with Gasteiger partial charge in [0.15, 0.2) is 0 Å². The van der Waals surface area contributed by atoms with E-state index in [1.165, 1.54) is 0 Å². The van der Waals surface area contributed by atoms with Crippen LogP contribution in [0, 0.1) is 0 Å². The second-order valence-electron chi connectivity index (χ2n) is 6.60. The van der Waals surface area contributed by atoms with Crippen molar-refractivity contribution in [2.45, 2.75) is 0 Å². The Hall–Kier alpha value is -3.31. The smallest absolute Gasteiger partial charge is 0.332 e. The van der Waals surface area contributed by atoms with Crippen LogP contribution in [0.2, 0.25) is 0 Å². The highest BCUT2D eigenvalue weighted by atomic mass is 79.9. The number of H-pyrrole nitrogens is 2. The molecule has 2 heterocycles. The molecule has 0 bridgehead atoms. The van der Waals surface area contributed by atoms with Crippen LogP contribution in [0.25, 0.3) is 39.2 Å². The molecule has 0 amide bonds. The molecule has 2 aromatic heterocycles. The van der Waals surface area contributed by atoms with E-state index in [1.807, 2.05) is 66.7 Å². The highest BCUT2D eigenvalue weighted by Crippen LogP contribution is 2.33. The van der Waals surface area contributed by atoms with Crippen LogP contribution in [0.5, 0.6) is 0 Å².